The second-order valence-electron chi connectivity index (χ2n) is 6.91. The molecule has 2 atom stereocenters. The maximum Gasteiger partial charge on any atom is -0.0184 e. The van der Waals surface area contributed by atoms with E-state index in [0.717, 1.165) is 11.8 Å². The normalized spacial score (nSPS) is 26.0. The molecule has 16 heavy (non-hydrogen) atoms. The van der Waals surface area contributed by atoms with Gasteiger partial charge < -0.3 is 0 Å². The van der Waals surface area contributed by atoms with Gasteiger partial charge in [0.05, 0.1) is 0 Å². The SMILES string of the molecule is CC.CC(C)(C)C1C=CC(C(C)(C)C)CC1. The molecule has 0 aliphatic heterocycles. The van der Waals surface area contributed by atoms with Crippen molar-refractivity contribution in [1.29, 1.82) is 0 Å². The molecule has 0 aromatic rings. The quantitative estimate of drug-likeness (QED) is 0.464. The minimum Gasteiger partial charge on any atom is -0.0846 e. The molecule has 1 rings (SSSR count). The zero-order valence-corrected chi connectivity index (χ0v) is 12.7. The predicted octanol–water partition coefficient (Wildman–Crippen LogP) is 5.69. The fourth-order valence-electron chi connectivity index (χ4n) is 2.26. The molecule has 0 radical (unpaired) electrons. The Morgan fingerprint density at radius 3 is 1.06 bits per heavy atom. The van der Waals surface area contributed by atoms with Crippen LogP contribution in [0.1, 0.15) is 68.2 Å². The smallest absolute Gasteiger partial charge is 0.0184 e. The zero-order chi connectivity index (χ0) is 13.0. The van der Waals surface area contributed by atoms with Crippen LogP contribution < -0.4 is 0 Å². The first-order chi connectivity index (χ1) is 7.21. The minimum absolute atomic E-state index is 0.444. The highest BCUT2D eigenvalue weighted by molar-refractivity contribution is 5.04. The van der Waals surface area contributed by atoms with E-state index in [2.05, 4.69) is 53.7 Å². The van der Waals surface area contributed by atoms with Crippen molar-refractivity contribution in [3.8, 4) is 0 Å². The Kier molecular flexibility index (Phi) is 5.79. The molecule has 0 aromatic heterocycles. The molecular formula is C16H32. The Morgan fingerprint density at radius 2 is 0.938 bits per heavy atom. The topological polar surface area (TPSA) is 0 Å². The van der Waals surface area contributed by atoms with Crippen LogP contribution in [0.2, 0.25) is 0 Å². The van der Waals surface area contributed by atoms with Gasteiger partial charge in [-0.25, -0.2) is 0 Å². The lowest BCUT2D eigenvalue weighted by Gasteiger charge is -2.37. The third-order valence-electron chi connectivity index (χ3n) is 3.59. The molecular weight excluding hydrogens is 192 g/mol. The molecule has 0 heterocycles. The number of hydrogen-bond acceptors (Lipinski definition) is 0. The average Bonchev–Trinajstić information content (AvgIpc) is 2.18. The Bertz CT molecular complexity index is 185. The van der Waals surface area contributed by atoms with E-state index >= 15 is 0 Å². The van der Waals surface area contributed by atoms with Crippen molar-refractivity contribution < 1.29 is 0 Å². The van der Waals surface area contributed by atoms with Crippen LogP contribution >= 0.6 is 0 Å². The van der Waals surface area contributed by atoms with Crippen LogP contribution in [0, 0.1) is 22.7 Å². The zero-order valence-electron chi connectivity index (χ0n) is 12.7. The third-order valence-corrected chi connectivity index (χ3v) is 3.59. The van der Waals surface area contributed by atoms with E-state index in [1.807, 2.05) is 13.8 Å². The molecule has 0 nitrogen and oxygen atoms in total. The average molecular weight is 224 g/mol. The number of rotatable bonds is 0. The van der Waals surface area contributed by atoms with Gasteiger partial charge in [0.15, 0.2) is 0 Å². The lowest BCUT2D eigenvalue weighted by molar-refractivity contribution is 0.203. The van der Waals surface area contributed by atoms with Gasteiger partial charge >= 0.3 is 0 Å². The van der Waals surface area contributed by atoms with Crippen LogP contribution in [0.5, 0.6) is 0 Å². The van der Waals surface area contributed by atoms with E-state index < -0.39 is 0 Å². The Morgan fingerprint density at radius 1 is 0.688 bits per heavy atom. The standard InChI is InChI=1S/C14H26.C2H6/c1-13(2,3)11-7-9-12(10-8-11)14(4,5)6;1-2/h7,9,11-12H,8,10H2,1-6H3;1-2H3. The molecule has 0 saturated heterocycles. The van der Waals surface area contributed by atoms with Crippen LogP contribution in [0.4, 0.5) is 0 Å². The summed E-state index contributed by atoms with van der Waals surface area (Å²) in [6.07, 6.45) is 7.64. The molecule has 0 N–H and O–H groups in total. The fraction of sp³-hybridized carbons (Fsp3) is 0.875. The van der Waals surface area contributed by atoms with Gasteiger partial charge in [-0.15, -0.1) is 0 Å². The van der Waals surface area contributed by atoms with Gasteiger partial charge in [-0.2, -0.15) is 0 Å². The molecule has 1 aliphatic carbocycles. The van der Waals surface area contributed by atoms with Crippen molar-refractivity contribution >= 4 is 0 Å². The maximum atomic E-state index is 2.46. The van der Waals surface area contributed by atoms with Gasteiger partial charge in [-0.1, -0.05) is 67.5 Å². The number of hydrogen-bond donors (Lipinski definition) is 0. The molecule has 1 aliphatic rings. The van der Waals surface area contributed by atoms with E-state index in [1.54, 1.807) is 0 Å². The van der Waals surface area contributed by atoms with Crippen LogP contribution in [-0.4, -0.2) is 0 Å². The second kappa shape index (κ2) is 5.89. The summed E-state index contributed by atoms with van der Waals surface area (Å²) < 4.78 is 0. The Hall–Kier alpha value is -0.260. The van der Waals surface area contributed by atoms with Gasteiger partial charge in [-0.05, 0) is 35.5 Å². The van der Waals surface area contributed by atoms with Gasteiger partial charge in [0.25, 0.3) is 0 Å². The van der Waals surface area contributed by atoms with Gasteiger partial charge in [-0.3, -0.25) is 0 Å². The lowest BCUT2D eigenvalue weighted by Crippen LogP contribution is -2.27. The van der Waals surface area contributed by atoms with Gasteiger partial charge in [0.2, 0.25) is 0 Å². The van der Waals surface area contributed by atoms with Crippen molar-refractivity contribution in [2.45, 2.75) is 68.2 Å². The lowest BCUT2D eigenvalue weighted by atomic mass is 9.68. The molecule has 0 spiro atoms. The highest BCUT2D eigenvalue weighted by atomic mass is 14.3. The van der Waals surface area contributed by atoms with Crippen molar-refractivity contribution in [2.24, 2.45) is 22.7 Å². The Balaban J connectivity index is 0.00000106. The summed E-state index contributed by atoms with van der Waals surface area (Å²) in [5.41, 5.74) is 0.888. The van der Waals surface area contributed by atoms with E-state index in [1.165, 1.54) is 12.8 Å². The molecule has 0 heteroatoms. The monoisotopic (exact) mass is 224 g/mol. The van der Waals surface area contributed by atoms with Crippen molar-refractivity contribution in [3.63, 3.8) is 0 Å². The second-order valence-corrected chi connectivity index (χ2v) is 6.91. The van der Waals surface area contributed by atoms with Gasteiger partial charge in [0.1, 0.15) is 0 Å². The summed E-state index contributed by atoms with van der Waals surface area (Å²) in [4.78, 5) is 0. The van der Waals surface area contributed by atoms with Crippen LogP contribution in [-0.2, 0) is 0 Å². The summed E-state index contributed by atoms with van der Waals surface area (Å²) >= 11 is 0. The molecule has 0 amide bonds. The first-order valence-corrected chi connectivity index (χ1v) is 6.89. The summed E-state index contributed by atoms with van der Waals surface area (Å²) in [5.74, 6) is 1.56. The van der Waals surface area contributed by atoms with Crippen LogP contribution in [0.15, 0.2) is 12.2 Å². The number of allylic oxidation sites excluding steroid dienone is 2. The first-order valence-electron chi connectivity index (χ1n) is 6.89. The fourth-order valence-corrected chi connectivity index (χ4v) is 2.26. The van der Waals surface area contributed by atoms with E-state index in [4.69, 9.17) is 0 Å². The first kappa shape index (κ1) is 15.7. The molecule has 96 valence electrons. The summed E-state index contributed by atoms with van der Waals surface area (Å²) in [6, 6.07) is 0. The van der Waals surface area contributed by atoms with E-state index in [-0.39, 0.29) is 0 Å². The molecule has 0 fully saturated rings. The van der Waals surface area contributed by atoms with Gasteiger partial charge in [0, 0.05) is 0 Å². The largest absolute Gasteiger partial charge is 0.0846 e. The van der Waals surface area contributed by atoms with E-state index in [0.29, 0.717) is 10.8 Å². The summed E-state index contributed by atoms with van der Waals surface area (Å²) in [5, 5.41) is 0. The molecule has 0 saturated carbocycles. The summed E-state index contributed by atoms with van der Waals surface area (Å²) in [6.45, 7) is 18.1. The minimum atomic E-state index is 0.444. The van der Waals surface area contributed by atoms with Crippen molar-refractivity contribution in [3.05, 3.63) is 12.2 Å². The highest BCUT2D eigenvalue weighted by Gasteiger charge is 2.30. The van der Waals surface area contributed by atoms with E-state index in [9.17, 15) is 0 Å². The highest BCUT2D eigenvalue weighted by Crippen LogP contribution is 2.40. The van der Waals surface area contributed by atoms with Crippen LogP contribution in [0.3, 0.4) is 0 Å². The predicted molar refractivity (Wildman–Crippen MR) is 75.6 cm³/mol. The Labute approximate surface area is 104 Å². The van der Waals surface area contributed by atoms with Crippen molar-refractivity contribution in [1.82, 2.24) is 0 Å². The maximum absolute atomic E-state index is 2.46. The molecule has 2 unspecified atom stereocenters. The molecule has 0 bridgehead atoms. The molecule has 0 aromatic carbocycles. The summed E-state index contributed by atoms with van der Waals surface area (Å²) in [7, 11) is 0. The third kappa shape index (κ3) is 4.72. The van der Waals surface area contributed by atoms with Crippen LogP contribution in [0.25, 0.3) is 0 Å². The van der Waals surface area contributed by atoms with Crippen molar-refractivity contribution in [2.75, 3.05) is 0 Å².